The molecule has 2 saturated heterocycles. The minimum absolute atomic E-state index is 0.277. The van der Waals surface area contributed by atoms with E-state index in [2.05, 4.69) is 34.1 Å². The predicted molar refractivity (Wildman–Crippen MR) is 74.5 cm³/mol. The standard InChI is InChI=1S/C15H21N3O/c16-10-14(12-4-2-1-3-5-12)17-8-9-18-13(11-17)6-7-15(18)19/h1-5,13-14H,6-11,16H2. The van der Waals surface area contributed by atoms with Crippen LogP contribution >= 0.6 is 0 Å². The Labute approximate surface area is 114 Å². The van der Waals surface area contributed by atoms with E-state index in [1.807, 2.05) is 6.07 Å². The fourth-order valence-electron chi connectivity index (χ4n) is 3.34. The highest BCUT2D eigenvalue weighted by Gasteiger charge is 2.37. The van der Waals surface area contributed by atoms with E-state index in [9.17, 15) is 4.79 Å². The van der Waals surface area contributed by atoms with Gasteiger partial charge in [0.2, 0.25) is 5.91 Å². The van der Waals surface area contributed by atoms with Gasteiger partial charge in [0.25, 0.3) is 0 Å². The van der Waals surface area contributed by atoms with Gasteiger partial charge in [0.15, 0.2) is 0 Å². The molecule has 102 valence electrons. The van der Waals surface area contributed by atoms with E-state index >= 15 is 0 Å². The summed E-state index contributed by atoms with van der Waals surface area (Å²) in [5, 5.41) is 0. The molecule has 0 bridgehead atoms. The molecule has 2 aliphatic rings. The van der Waals surface area contributed by atoms with Gasteiger partial charge < -0.3 is 10.6 Å². The van der Waals surface area contributed by atoms with E-state index in [-0.39, 0.29) is 6.04 Å². The summed E-state index contributed by atoms with van der Waals surface area (Å²) in [6, 6.07) is 11.1. The van der Waals surface area contributed by atoms with Crippen LogP contribution in [0.15, 0.2) is 30.3 Å². The second kappa shape index (κ2) is 5.31. The maximum atomic E-state index is 11.7. The molecule has 0 saturated carbocycles. The van der Waals surface area contributed by atoms with Gasteiger partial charge in [-0.05, 0) is 12.0 Å². The molecule has 0 radical (unpaired) electrons. The first-order chi connectivity index (χ1) is 9.29. The highest BCUT2D eigenvalue weighted by molar-refractivity contribution is 5.78. The average Bonchev–Trinajstić information content (AvgIpc) is 2.82. The average molecular weight is 259 g/mol. The molecular formula is C15H21N3O. The minimum Gasteiger partial charge on any atom is -0.337 e. The van der Waals surface area contributed by atoms with Crippen LogP contribution in [0.3, 0.4) is 0 Å². The van der Waals surface area contributed by atoms with E-state index in [1.165, 1.54) is 5.56 Å². The topological polar surface area (TPSA) is 49.6 Å². The summed E-state index contributed by atoms with van der Waals surface area (Å²) in [6.45, 7) is 3.37. The van der Waals surface area contributed by atoms with Crippen LogP contribution in [-0.2, 0) is 4.79 Å². The van der Waals surface area contributed by atoms with E-state index in [4.69, 9.17) is 5.73 Å². The smallest absolute Gasteiger partial charge is 0.222 e. The van der Waals surface area contributed by atoms with Gasteiger partial charge in [0.1, 0.15) is 0 Å². The quantitative estimate of drug-likeness (QED) is 0.881. The maximum Gasteiger partial charge on any atom is 0.222 e. The fraction of sp³-hybridized carbons (Fsp3) is 0.533. The molecule has 2 unspecified atom stereocenters. The first kappa shape index (κ1) is 12.6. The summed E-state index contributed by atoms with van der Waals surface area (Å²) in [4.78, 5) is 16.2. The third-order valence-corrected chi connectivity index (χ3v) is 4.37. The zero-order valence-corrected chi connectivity index (χ0v) is 11.2. The second-order valence-electron chi connectivity index (χ2n) is 5.44. The molecule has 1 aromatic rings. The van der Waals surface area contributed by atoms with Gasteiger partial charge in [0.05, 0.1) is 0 Å². The first-order valence-corrected chi connectivity index (χ1v) is 7.08. The number of benzene rings is 1. The molecule has 1 amide bonds. The number of carbonyl (C=O) groups excluding carboxylic acids is 1. The van der Waals surface area contributed by atoms with Crippen molar-refractivity contribution in [2.75, 3.05) is 26.2 Å². The SMILES string of the molecule is NCC(c1ccccc1)N1CCN2C(=O)CCC2C1. The number of amides is 1. The van der Waals surface area contributed by atoms with Crippen molar-refractivity contribution in [2.45, 2.75) is 24.9 Å². The molecule has 4 nitrogen and oxygen atoms in total. The highest BCUT2D eigenvalue weighted by Crippen LogP contribution is 2.28. The molecule has 4 heteroatoms. The van der Waals surface area contributed by atoms with Crippen molar-refractivity contribution in [3.05, 3.63) is 35.9 Å². The lowest BCUT2D eigenvalue weighted by atomic mass is 10.0. The van der Waals surface area contributed by atoms with Crippen LogP contribution in [0.25, 0.3) is 0 Å². The number of fused-ring (bicyclic) bond motifs is 1. The van der Waals surface area contributed by atoms with Crippen LogP contribution in [0.2, 0.25) is 0 Å². The van der Waals surface area contributed by atoms with Crippen molar-refractivity contribution in [1.29, 1.82) is 0 Å². The predicted octanol–water partition coefficient (Wildman–Crippen LogP) is 0.993. The van der Waals surface area contributed by atoms with E-state index < -0.39 is 0 Å². The van der Waals surface area contributed by atoms with Crippen molar-refractivity contribution < 1.29 is 4.79 Å². The summed E-state index contributed by atoms with van der Waals surface area (Å²) in [5.74, 6) is 0.327. The molecule has 0 aromatic heterocycles. The van der Waals surface area contributed by atoms with E-state index in [0.29, 0.717) is 18.5 Å². The van der Waals surface area contributed by atoms with E-state index in [0.717, 1.165) is 32.5 Å². The molecule has 2 aliphatic heterocycles. The van der Waals surface area contributed by atoms with Crippen LogP contribution < -0.4 is 5.73 Å². The summed E-state index contributed by atoms with van der Waals surface area (Å²) in [5.41, 5.74) is 7.26. The third-order valence-electron chi connectivity index (χ3n) is 4.37. The zero-order chi connectivity index (χ0) is 13.2. The molecule has 0 spiro atoms. The van der Waals surface area contributed by atoms with Crippen molar-refractivity contribution in [2.24, 2.45) is 5.73 Å². The minimum atomic E-state index is 0.277. The highest BCUT2D eigenvalue weighted by atomic mass is 16.2. The largest absolute Gasteiger partial charge is 0.337 e. The van der Waals surface area contributed by atoms with Crippen LogP contribution in [0.5, 0.6) is 0 Å². The van der Waals surface area contributed by atoms with Gasteiger partial charge in [-0.25, -0.2) is 0 Å². The Morgan fingerprint density at radius 2 is 2.05 bits per heavy atom. The van der Waals surface area contributed by atoms with Crippen molar-refractivity contribution in [3.8, 4) is 0 Å². The van der Waals surface area contributed by atoms with Gasteiger partial charge in [-0.15, -0.1) is 0 Å². The lowest BCUT2D eigenvalue weighted by Gasteiger charge is -2.41. The Balaban J connectivity index is 1.74. The summed E-state index contributed by atoms with van der Waals surface area (Å²) >= 11 is 0. The van der Waals surface area contributed by atoms with Crippen molar-refractivity contribution in [3.63, 3.8) is 0 Å². The lowest BCUT2D eigenvalue weighted by molar-refractivity contribution is -0.131. The van der Waals surface area contributed by atoms with Gasteiger partial charge >= 0.3 is 0 Å². The normalized spacial score (nSPS) is 25.4. The molecule has 3 rings (SSSR count). The number of hydrogen-bond donors (Lipinski definition) is 1. The molecule has 19 heavy (non-hydrogen) atoms. The van der Waals surface area contributed by atoms with Crippen LogP contribution in [0.4, 0.5) is 0 Å². The van der Waals surface area contributed by atoms with Crippen molar-refractivity contribution >= 4 is 5.91 Å². The Kier molecular flexibility index (Phi) is 3.53. The third kappa shape index (κ3) is 2.38. The number of carbonyl (C=O) groups is 1. The second-order valence-corrected chi connectivity index (χ2v) is 5.44. The molecule has 2 atom stereocenters. The van der Waals surface area contributed by atoms with E-state index in [1.54, 1.807) is 0 Å². The van der Waals surface area contributed by atoms with Gasteiger partial charge in [-0.1, -0.05) is 30.3 Å². The molecular weight excluding hydrogens is 238 g/mol. The van der Waals surface area contributed by atoms with Gasteiger partial charge in [-0.3, -0.25) is 9.69 Å². The fourth-order valence-corrected chi connectivity index (χ4v) is 3.34. The Bertz CT molecular complexity index is 448. The molecule has 0 aliphatic carbocycles. The molecule has 2 heterocycles. The van der Waals surface area contributed by atoms with Gasteiger partial charge in [-0.2, -0.15) is 0 Å². The number of rotatable bonds is 3. The number of nitrogens with two attached hydrogens (primary N) is 1. The summed E-state index contributed by atoms with van der Waals surface area (Å²) in [6.07, 6.45) is 1.72. The summed E-state index contributed by atoms with van der Waals surface area (Å²) in [7, 11) is 0. The number of hydrogen-bond acceptors (Lipinski definition) is 3. The summed E-state index contributed by atoms with van der Waals surface area (Å²) < 4.78 is 0. The Morgan fingerprint density at radius 3 is 2.79 bits per heavy atom. The molecule has 2 N–H and O–H groups in total. The molecule has 1 aromatic carbocycles. The Hall–Kier alpha value is -1.39. The number of nitrogens with zero attached hydrogens (tertiary/aromatic N) is 2. The van der Waals surface area contributed by atoms with Crippen LogP contribution in [-0.4, -0.2) is 47.9 Å². The molecule has 2 fully saturated rings. The van der Waals surface area contributed by atoms with Crippen LogP contribution in [0, 0.1) is 0 Å². The zero-order valence-electron chi connectivity index (χ0n) is 11.2. The van der Waals surface area contributed by atoms with Gasteiger partial charge in [0, 0.05) is 44.7 Å². The number of piperazine rings is 1. The lowest BCUT2D eigenvalue weighted by Crippen LogP contribution is -2.53. The van der Waals surface area contributed by atoms with Crippen LogP contribution in [0.1, 0.15) is 24.4 Å². The Morgan fingerprint density at radius 1 is 1.26 bits per heavy atom. The first-order valence-electron chi connectivity index (χ1n) is 7.08. The van der Waals surface area contributed by atoms with Crippen molar-refractivity contribution in [1.82, 2.24) is 9.80 Å². The monoisotopic (exact) mass is 259 g/mol. The maximum absolute atomic E-state index is 11.7.